The highest BCUT2D eigenvalue weighted by Gasteiger charge is 2.35. The van der Waals surface area contributed by atoms with Crippen molar-refractivity contribution in [2.75, 3.05) is 13.2 Å². The zero-order chi connectivity index (χ0) is 26.1. The molecule has 0 aliphatic heterocycles. The zero-order valence-corrected chi connectivity index (χ0v) is 24.2. The number of benzene rings is 2. The summed E-state index contributed by atoms with van der Waals surface area (Å²) in [6.45, 7) is 14.0. The molecule has 34 heavy (non-hydrogen) atoms. The topological polar surface area (TPSA) is 87.0 Å². The van der Waals surface area contributed by atoms with Crippen molar-refractivity contribution in [1.29, 1.82) is 0 Å². The third-order valence-corrected chi connectivity index (χ3v) is 7.41. The average Bonchev–Trinajstić information content (AvgIpc) is 2.72. The largest absolute Gasteiger partial charge is 0.506 e. The lowest BCUT2D eigenvalue weighted by molar-refractivity contribution is -0.145. The first-order chi connectivity index (χ1) is 15.5. The molecule has 2 aromatic carbocycles. The highest BCUT2D eigenvalue weighted by Crippen LogP contribution is 2.47. The van der Waals surface area contributed by atoms with Gasteiger partial charge in [-0.25, -0.2) is 0 Å². The number of hydrogen-bond acceptors (Lipinski definition) is 5. The molecule has 2 rings (SSSR count). The minimum Gasteiger partial charge on any atom is -0.506 e. The number of aliphatic hydroxyl groups is 1. The second-order valence-corrected chi connectivity index (χ2v) is 12.7. The van der Waals surface area contributed by atoms with Crippen molar-refractivity contribution in [3.05, 3.63) is 55.5 Å². The molecule has 3 N–H and O–H groups in total. The first kappa shape index (κ1) is 28.7. The quantitative estimate of drug-likeness (QED) is 0.303. The Labute approximate surface area is 219 Å². The number of aliphatic hydroxyl groups excluding tert-OH is 1. The molecule has 7 heteroatoms. The van der Waals surface area contributed by atoms with Gasteiger partial charge in [-0.1, -0.05) is 60.6 Å². The first-order valence-corrected chi connectivity index (χ1v) is 12.9. The Balaban J connectivity index is 2.77. The SMILES string of the molecule is CC(C)(C)c1cc(C(C)(CCC(=O)OCCO)c2cc(Br)c(O)c(C(C)(C)C)c2)cc(Br)c1O. The summed E-state index contributed by atoms with van der Waals surface area (Å²) in [7, 11) is 0. The minimum atomic E-state index is -0.648. The van der Waals surface area contributed by atoms with Crippen LogP contribution in [0.5, 0.6) is 11.5 Å². The van der Waals surface area contributed by atoms with E-state index in [1.54, 1.807) is 0 Å². The Hall–Kier alpha value is -1.57. The molecule has 0 amide bonds. The molecule has 0 atom stereocenters. The van der Waals surface area contributed by atoms with Gasteiger partial charge < -0.3 is 20.1 Å². The molecule has 0 bridgehead atoms. The van der Waals surface area contributed by atoms with E-state index >= 15 is 0 Å². The van der Waals surface area contributed by atoms with Crippen LogP contribution in [0.2, 0.25) is 0 Å². The summed E-state index contributed by atoms with van der Waals surface area (Å²) in [5.41, 5.74) is 2.17. The van der Waals surface area contributed by atoms with E-state index in [1.807, 2.05) is 65.8 Å². The Bertz CT molecular complexity index is 979. The maximum absolute atomic E-state index is 12.4. The lowest BCUT2D eigenvalue weighted by atomic mass is 9.70. The van der Waals surface area contributed by atoms with Gasteiger partial charge in [0.05, 0.1) is 15.6 Å². The van der Waals surface area contributed by atoms with E-state index in [4.69, 9.17) is 9.84 Å². The van der Waals surface area contributed by atoms with E-state index < -0.39 is 5.41 Å². The summed E-state index contributed by atoms with van der Waals surface area (Å²) in [6.07, 6.45) is 0.571. The number of carbonyl (C=O) groups is 1. The molecular formula is C27H36Br2O5. The van der Waals surface area contributed by atoms with Crippen LogP contribution in [0, 0.1) is 0 Å². The minimum absolute atomic E-state index is 0.0343. The van der Waals surface area contributed by atoms with Crippen molar-refractivity contribution in [1.82, 2.24) is 0 Å². The Morgan fingerprint density at radius 2 is 1.24 bits per heavy atom. The fourth-order valence-corrected chi connectivity index (χ4v) is 4.94. The van der Waals surface area contributed by atoms with E-state index in [1.165, 1.54) is 0 Å². The normalized spacial score (nSPS) is 12.6. The summed E-state index contributed by atoms with van der Waals surface area (Å²) in [5.74, 6) is 0.00879. The second kappa shape index (κ2) is 10.6. The fraction of sp³-hybridized carbons (Fsp3) is 0.519. The smallest absolute Gasteiger partial charge is 0.305 e. The molecule has 0 unspecified atom stereocenters. The lowest BCUT2D eigenvalue weighted by Crippen LogP contribution is -2.27. The molecule has 0 aliphatic rings. The molecule has 0 heterocycles. The van der Waals surface area contributed by atoms with Crippen molar-refractivity contribution in [3.63, 3.8) is 0 Å². The van der Waals surface area contributed by atoms with Gasteiger partial charge in [0.1, 0.15) is 18.1 Å². The summed E-state index contributed by atoms with van der Waals surface area (Å²) in [5, 5.41) is 30.5. The predicted octanol–water partition coefficient (Wildman–Crippen LogP) is 6.84. The van der Waals surface area contributed by atoms with Crippen LogP contribution >= 0.6 is 31.9 Å². The molecule has 0 fully saturated rings. The van der Waals surface area contributed by atoms with Gasteiger partial charge in [0.2, 0.25) is 0 Å². The molecule has 0 aliphatic carbocycles. The molecule has 5 nitrogen and oxygen atoms in total. The van der Waals surface area contributed by atoms with Crippen LogP contribution in [0.1, 0.15) is 83.6 Å². The molecule has 0 spiro atoms. The predicted molar refractivity (Wildman–Crippen MR) is 143 cm³/mol. The third-order valence-electron chi connectivity index (χ3n) is 6.20. The summed E-state index contributed by atoms with van der Waals surface area (Å²) in [6, 6.07) is 7.77. The highest BCUT2D eigenvalue weighted by molar-refractivity contribution is 9.10. The zero-order valence-electron chi connectivity index (χ0n) is 21.1. The monoisotopic (exact) mass is 598 g/mol. The number of carbonyl (C=O) groups excluding carboxylic acids is 1. The second-order valence-electron chi connectivity index (χ2n) is 11.0. The number of rotatable bonds is 7. The van der Waals surface area contributed by atoms with Gasteiger partial charge >= 0.3 is 5.97 Å². The average molecular weight is 600 g/mol. The van der Waals surface area contributed by atoms with Crippen molar-refractivity contribution in [3.8, 4) is 11.5 Å². The van der Waals surface area contributed by atoms with Crippen LogP contribution in [0.25, 0.3) is 0 Å². The summed E-state index contributed by atoms with van der Waals surface area (Å²) in [4.78, 5) is 12.4. The van der Waals surface area contributed by atoms with Crippen LogP contribution in [0.3, 0.4) is 0 Å². The number of esters is 1. The Kier molecular flexibility index (Phi) is 8.93. The van der Waals surface area contributed by atoms with Gasteiger partial charge in [-0.3, -0.25) is 4.79 Å². The lowest BCUT2D eigenvalue weighted by Gasteiger charge is -2.35. The van der Waals surface area contributed by atoms with E-state index in [9.17, 15) is 15.0 Å². The van der Waals surface area contributed by atoms with E-state index in [-0.39, 0.29) is 47.9 Å². The van der Waals surface area contributed by atoms with Crippen LogP contribution < -0.4 is 0 Å². The number of phenols is 2. The highest BCUT2D eigenvalue weighted by atomic mass is 79.9. The van der Waals surface area contributed by atoms with Crippen LogP contribution in [0.15, 0.2) is 33.2 Å². The number of aromatic hydroxyl groups is 2. The summed E-state index contributed by atoms with van der Waals surface area (Å²) < 4.78 is 6.28. The number of halogens is 2. The van der Waals surface area contributed by atoms with Crippen molar-refractivity contribution in [2.24, 2.45) is 0 Å². The fourth-order valence-electron chi connectivity index (χ4n) is 4.02. The number of hydrogen-bond donors (Lipinski definition) is 3. The van der Waals surface area contributed by atoms with Gasteiger partial charge in [-0.15, -0.1) is 0 Å². The Morgan fingerprint density at radius 1 is 0.824 bits per heavy atom. The van der Waals surface area contributed by atoms with Crippen molar-refractivity contribution in [2.45, 2.75) is 77.6 Å². The van der Waals surface area contributed by atoms with Crippen LogP contribution in [-0.4, -0.2) is 34.5 Å². The molecular weight excluding hydrogens is 564 g/mol. The molecule has 0 radical (unpaired) electrons. The van der Waals surface area contributed by atoms with Crippen LogP contribution in [0.4, 0.5) is 0 Å². The maximum Gasteiger partial charge on any atom is 0.305 e. The van der Waals surface area contributed by atoms with E-state index in [0.29, 0.717) is 15.4 Å². The molecule has 0 saturated heterocycles. The third kappa shape index (κ3) is 6.35. The number of phenolic OH excluding ortho intramolecular Hbond substituents is 2. The van der Waals surface area contributed by atoms with Crippen LogP contribution in [-0.2, 0) is 25.8 Å². The maximum atomic E-state index is 12.4. The molecule has 0 aromatic heterocycles. The summed E-state index contributed by atoms with van der Waals surface area (Å²) >= 11 is 7.04. The molecule has 0 saturated carbocycles. The molecule has 188 valence electrons. The van der Waals surface area contributed by atoms with Crippen molar-refractivity contribution >= 4 is 37.8 Å². The van der Waals surface area contributed by atoms with Gasteiger partial charge in [0.25, 0.3) is 0 Å². The Morgan fingerprint density at radius 3 is 1.59 bits per heavy atom. The van der Waals surface area contributed by atoms with Gasteiger partial charge in [0.15, 0.2) is 0 Å². The van der Waals surface area contributed by atoms with Gasteiger partial charge in [-0.2, -0.15) is 0 Å². The van der Waals surface area contributed by atoms with Crippen molar-refractivity contribution < 1.29 is 24.9 Å². The standard InChI is InChI=1S/C27H36Br2O5/c1-25(2,3)18-12-16(14-20(28)23(18)32)27(7,9-8-22(31)34-11-10-30)17-13-19(26(4,5)6)24(33)21(29)15-17/h12-15,30,32-33H,8-11H2,1-7H3. The van der Waals surface area contributed by atoms with Gasteiger partial charge in [-0.05, 0) is 72.4 Å². The van der Waals surface area contributed by atoms with E-state index in [0.717, 1.165) is 22.3 Å². The van der Waals surface area contributed by atoms with E-state index in [2.05, 4.69) is 38.8 Å². The number of ether oxygens (including phenoxy) is 1. The van der Waals surface area contributed by atoms with Gasteiger partial charge in [0, 0.05) is 23.0 Å². The molecule has 2 aromatic rings. The first-order valence-electron chi connectivity index (χ1n) is 11.4.